The molecule has 112 valence electrons. The van der Waals surface area contributed by atoms with Gasteiger partial charge in [0.25, 0.3) is 0 Å². The van der Waals surface area contributed by atoms with E-state index in [1.807, 2.05) is 0 Å². The molecule has 21 heavy (non-hydrogen) atoms. The molecule has 1 aromatic carbocycles. The largest absolute Gasteiger partial charge is 0.478 e. The van der Waals surface area contributed by atoms with Crippen molar-refractivity contribution in [2.24, 2.45) is 5.92 Å². The van der Waals surface area contributed by atoms with Crippen LogP contribution in [0.1, 0.15) is 23.2 Å². The number of nitrogens with zero attached hydrogens (tertiary/aromatic N) is 1. The predicted octanol–water partition coefficient (Wildman–Crippen LogP) is 2.07. The van der Waals surface area contributed by atoms with Crippen LogP contribution in [-0.4, -0.2) is 36.9 Å². The Morgan fingerprint density at radius 3 is 2.62 bits per heavy atom. The van der Waals surface area contributed by atoms with Crippen molar-refractivity contribution < 1.29 is 18.3 Å². The SMILES string of the molecule is C#CCN(CC1CC1)S(=O)(=O)c1ccc(C(=O)O)c(Cl)c1. The number of rotatable bonds is 6. The van der Waals surface area contributed by atoms with Gasteiger partial charge in [-0.05, 0) is 37.0 Å². The summed E-state index contributed by atoms with van der Waals surface area (Å²) in [6, 6.07) is 3.57. The van der Waals surface area contributed by atoms with Crippen molar-refractivity contribution in [3.63, 3.8) is 0 Å². The van der Waals surface area contributed by atoms with E-state index in [2.05, 4.69) is 5.92 Å². The number of hydrogen-bond acceptors (Lipinski definition) is 3. The third kappa shape index (κ3) is 3.56. The van der Waals surface area contributed by atoms with Crippen LogP contribution in [0.25, 0.3) is 0 Å². The molecule has 0 saturated heterocycles. The van der Waals surface area contributed by atoms with Crippen molar-refractivity contribution in [3.8, 4) is 12.3 Å². The average molecular weight is 328 g/mol. The van der Waals surface area contributed by atoms with E-state index in [0.717, 1.165) is 18.9 Å². The van der Waals surface area contributed by atoms with Crippen LogP contribution in [-0.2, 0) is 10.0 Å². The molecule has 7 heteroatoms. The highest BCUT2D eigenvalue weighted by atomic mass is 35.5. The molecule has 0 aliphatic heterocycles. The molecule has 1 N–H and O–H groups in total. The monoisotopic (exact) mass is 327 g/mol. The Kier molecular flexibility index (Phi) is 4.57. The second kappa shape index (κ2) is 6.06. The summed E-state index contributed by atoms with van der Waals surface area (Å²) in [5, 5.41) is 8.79. The van der Waals surface area contributed by atoms with E-state index in [1.54, 1.807) is 0 Å². The van der Waals surface area contributed by atoms with Crippen LogP contribution in [0, 0.1) is 18.3 Å². The Bertz CT molecular complexity index is 704. The van der Waals surface area contributed by atoms with Crippen molar-refractivity contribution in [2.75, 3.05) is 13.1 Å². The summed E-state index contributed by atoms with van der Waals surface area (Å²) in [6.07, 6.45) is 7.22. The van der Waals surface area contributed by atoms with Gasteiger partial charge in [0, 0.05) is 6.54 Å². The smallest absolute Gasteiger partial charge is 0.337 e. The molecule has 0 amide bonds. The molecular formula is C14H14ClNO4S. The standard InChI is InChI=1S/C14H14ClNO4S/c1-2-7-16(9-10-3-4-10)21(19,20)11-5-6-12(14(17)18)13(15)8-11/h1,5-6,8,10H,3-4,7,9H2,(H,17,18). The molecule has 0 unspecified atom stereocenters. The zero-order valence-corrected chi connectivity index (χ0v) is 12.7. The Morgan fingerprint density at radius 2 is 2.14 bits per heavy atom. The van der Waals surface area contributed by atoms with Gasteiger partial charge in [-0.2, -0.15) is 4.31 Å². The Balaban J connectivity index is 2.34. The molecular weight excluding hydrogens is 314 g/mol. The van der Waals surface area contributed by atoms with Gasteiger partial charge in [0.05, 0.1) is 22.0 Å². The molecule has 0 bridgehead atoms. The molecule has 0 spiro atoms. The minimum absolute atomic E-state index is 0.0167. The first-order valence-corrected chi connectivity index (χ1v) is 8.14. The Morgan fingerprint density at radius 1 is 1.48 bits per heavy atom. The third-order valence-corrected chi connectivity index (χ3v) is 5.36. The van der Waals surface area contributed by atoms with Crippen molar-refractivity contribution in [3.05, 3.63) is 28.8 Å². The lowest BCUT2D eigenvalue weighted by Gasteiger charge is -2.20. The van der Waals surface area contributed by atoms with E-state index in [0.29, 0.717) is 12.5 Å². The lowest BCUT2D eigenvalue weighted by atomic mass is 10.2. The highest BCUT2D eigenvalue weighted by Crippen LogP contribution is 2.32. The number of benzene rings is 1. The van der Waals surface area contributed by atoms with Crippen LogP contribution in [0.3, 0.4) is 0 Å². The number of aromatic carboxylic acids is 1. The minimum Gasteiger partial charge on any atom is -0.478 e. The van der Waals surface area contributed by atoms with Crippen LogP contribution in [0.15, 0.2) is 23.1 Å². The summed E-state index contributed by atoms with van der Waals surface area (Å²) >= 11 is 5.83. The Labute approximate surface area is 128 Å². The molecule has 0 heterocycles. The number of halogens is 1. The quantitative estimate of drug-likeness (QED) is 0.812. The third-order valence-electron chi connectivity index (χ3n) is 3.24. The van der Waals surface area contributed by atoms with E-state index >= 15 is 0 Å². The lowest BCUT2D eigenvalue weighted by molar-refractivity contribution is 0.0697. The van der Waals surface area contributed by atoms with Crippen LogP contribution in [0.5, 0.6) is 0 Å². The second-order valence-corrected chi connectivity index (χ2v) is 7.24. The fourth-order valence-corrected chi connectivity index (χ4v) is 3.70. The molecule has 1 aliphatic rings. The zero-order chi connectivity index (χ0) is 15.6. The van der Waals surface area contributed by atoms with E-state index in [9.17, 15) is 13.2 Å². The van der Waals surface area contributed by atoms with Gasteiger partial charge in [0.1, 0.15) is 0 Å². The van der Waals surface area contributed by atoms with Gasteiger partial charge < -0.3 is 5.11 Å². The maximum absolute atomic E-state index is 12.5. The number of carboxylic acids is 1. The van der Waals surface area contributed by atoms with Crippen LogP contribution >= 0.6 is 11.6 Å². The molecule has 2 rings (SSSR count). The molecule has 1 saturated carbocycles. The molecule has 0 aromatic heterocycles. The van der Waals surface area contributed by atoms with Gasteiger partial charge in [-0.1, -0.05) is 17.5 Å². The highest BCUT2D eigenvalue weighted by Gasteiger charge is 2.31. The minimum atomic E-state index is -3.77. The van der Waals surface area contributed by atoms with Gasteiger partial charge in [0.15, 0.2) is 0 Å². The van der Waals surface area contributed by atoms with Crippen LogP contribution in [0.2, 0.25) is 5.02 Å². The zero-order valence-electron chi connectivity index (χ0n) is 11.1. The summed E-state index contributed by atoms with van der Waals surface area (Å²) < 4.78 is 26.3. The Hall–Kier alpha value is -1.55. The summed E-state index contributed by atoms with van der Waals surface area (Å²) in [5.74, 6) is 1.48. The van der Waals surface area contributed by atoms with Crippen LogP contribution in [0.4, 0.5) is 0 Å². The van der Waals surface area contributed by atoms with E-state index in [4.69, 9.17) is 23.1 Å². The average Bonchev–Trinajstić information content (AvgIpc) is 3.21. The summed E-state index contributed by atoms with van der Waals surface area (Å²) in [5.41, 5.74) is -0.138. The second-order valence-electron chi connectivity index (χ2n) is 4.89. The molecule has 0 radical (unpaired) electrons. The molecule has 5 nitrogen and oxygen atoms in total. The van der Waals surface area contributed by atoms with E-state index in [-0.39, 0.29) is 22.0 Å². The molecule has 0 atom stereocenters. The lowest BCUT2D eigenvalue weighted by Crippen LogP contribution is -2.33. The number of carbonyl (C=O) groups is 1. The fraction of sp³-hybridized carbons (Fsp3) is 0.357. The van der Waals surface area contributed by atoms with Gasteiger partial charge in [0.2, 0.25) is 10.0 Å². The number of hydrogen-bond donors (Lipinski definition) is 1. The fourth-order valence-electron chi connectivity index (χ4n) is 1.92. The number of terminal acetylenes is 1. The van der Waals surface area contributed by atoms with Crippen molar-refractivity contribution >= 4 is 27.6 Å². The van der Waals surface area contributed by atoms with Crippen molar-refractivity contribution in [2.45, 2.75) is 17.7 Å². The van der Waals surface area contributed by atoms with Crippen molar-refractivity contribution in [1.29, 1.82) is 0 Å². The van der Waals surface area contributed by atoms with Gasteiger partial charge >= 0.3 is 5.97 Å². The molecule has 1 aliphatic carbocycles. The van der Waals surface area contributed by atoms with E-state index < -0.39 is 16.0 Å². The van der Waals surface area contributed by atoms with Gasteiger partial charge in [-0.15, -0.1) is 6.42 Å². The molecule has 1 aromatic rings. The van der Waals surface area contributed by atoms with Gasteiger partial charge in [-0.25, -0.2) is 13.2 Å². The van der Waals surface area contributed by atoms with Crippen LogP contribution < -0.4 is 0 Å². The topological polar surface area (TPSA) is 74.7 Å². The maximum atomic E-state index is 12.5. The first kappa shape index (κ1) is 15.8. The normalized spacial score (nSPS) is 14.9. The molecule has 1 fully saturated rings. The summed E-state index contributed by atoms with van der Waals surface area (Å²) in [6.45, 7) is 0.363. The highest BCUT2D eigenvalue weighted by molar-refractivity contribution is 7.89. The maximum Gasteiger partial charge on any atom is 0.337 e. The predicted molar refractivity (Wildman–Crippen MR) is 78.7 cm³/mol. The number of carboxylic acid groups (broad SMARTS) is 1. The van der Waals surface area contributed by atoms with Crippen molar-refractivity contribution in [1.82, 2.24) is 4.31 Å². The summed E-state index contributed by atoms with van der Waals surface area (Å²) in [7, 11) is -3.77. The number of sulfonamides is 1. The van der Waals surface area contributed by atoms with Gasteiger partial charge in [-0.3, -0.25) is 0 Å². The first-order valence-electron chi connectivity index (χ1n) is 6.32. The first-order chi connectivity index (χ1) is 9.86. The summed E-state index contributed by atoms with van der Waals surface area (Å²) in [4.78, 5) is 10.9. The van der Waals surface area contributed by atoms with E-state index in [1.165, 1.54) is 16.4 Å².